The molecule has 224 valence electrons. The van der Waals surface area contributed by atoms with Crippen molar-refractivity contribution in [1.82, 2.24) is 19.8 Å². The van der Waals surface area contributed by atoms with Gasteiger partial charge in [0.1, 0.15) is 5.01 Å². The van der Waals surface area contributed by atoms with Crippen LogP contribution in [-0.2, 0) is 12.8 Å². The molecule has 4 aromatic rings. The SMILES string of the molecule is CCc1cccc(CC)c1-n1c(C2CCNCC2)c(C(=O)N2CCCCC2)cc(-c2nc(-c3ccc(Cl)cc3)cs2)c1=O. The Morgan fingerprint density at radius 1 is 1.00 bits per heavy atom. The van der Waals surface area contributed by atoms with Gasteiger partial charge in [0, 0.05) is 40.7 Å². The van der Waals surface area contributed by atoms with Crippen LogP contribution in [0.5, 0.6) is 0 Å². The van der Waals surface area contributed by atoms with Gasteiger partial charge in [-0.1, -0.05) is 55.8 Å². The maximum absolute atomic E-state index is 14.9. The van der Waals surface area contributed by atoms with Gasteiger partial charge in [-0.15, -0.1) is 11.3 Å². The summed E-state index contributed by atoms with van der Waals surface area (Å²) >= 11 is 7.58. The lowest BCUT2D eigenvalue weighted by molar-refractivity contribution is 0.0721. The van der Waals surface area contributed by atoms with Crippen molar-refractivity contribution in [2.45, 2.75) is 64.7 Å². The highest BCUT2D eigenvalue weighted by Crippen LogP contribution is 2.36. The summed E-state index contributed by atoms with van der Waals surface area (Å²) in [5, 5.41) is 6.74. The van der Waals surface area contributed by atoms with Crippen LogP contribution in [0, 0.1) is 0 Å². The molecule has 1 N–H and O–H groups in total. The Kier molecular flexibility index (Phi) is 9.12. The van der Waals surface area contributed by atoms with E-state index in [2.05, 4.69) is 37.4 Å². The number of hydrogen-bond donors (Lipinski definition) is 1. The van der Waals surface area contributed by atoms with Gasteiger partial charge in [0.15, 0.2) is 0 Å². The topological polar surface area (TPSA) is 67.2 Å². The van der Waals surface area contributed by atoms with E-state index < -0.39 is 0 Å². The quantitative estimate of drug-likeness (QED) is 0.234. The Labute approximate surface area is 262 Å². The standard InChI is InChI=1S/C35H39ClN4O2S/c1-3-23-9-8-10-24(4-2)31(23)40-32(26-15-17-37-18-16-26)28(34(41)39-19-6-5-7-20-39)21-29(35(40)42)33-38-30(22-43-33)25-11-13-27(36)14-12-25/h8-14,21-22,26,37H,3-7,15-20H2,1-2H3. The van der Waals surface area contributed by atoms with E-state index in [1.165, 1.54) is 11.3 Å². The fourth-order valence-corrected chi connectivity index (χ4v) is 7.56. The molecule has 0 spiro atoms. The smallest absolute Gasteiger partial charge is 0.265 e. The van der Waals surface area contributed by atoms with Crippen LogP contribution in [0.1, 0.15) is 79.0 Å². The first-order valence-electron chi connectivity index (χ1n) is 15.6. The number of pyridine rings is 1. The van der Waals surface area contributed by atoms with Gasteiger partial charge in [-0.2, -0.15) is 0 Å². The van der Waals surface area contributed by atoms with Gasteiger partial charge in [-0.25, -0.2) is 4.98 Å². The first kappa shape index (κ1) is 29.8. The molecule has 43 heavy (non-hydrogen) atoms. The van der Waals surface area contributed by atoms with Crippen molar-refractivity contribution in [3.63, 3.8) is 0 Å². The molecule has 8 heteroatoms. The molecule has 1 amide bonds. The number of hydrogen-bond acceptors (Lipinski definition) is 5. The van der Waals surface area contributed by atoms with Crippen molar-refractivity contribution in [1.29, 1.82) is 0 Å². The first-order chi connectivity index (χ1) is 21.0. The molecule has 2 aromatic carbocycles. The number of halogens is 1. The number of nitrogens with zero attached hydrogens (tertiary/aromatic N) is 3. The van der Waals surface area contributed by atoms with Crippen LogP contribution in [0.15, 0.2) is 58.7 Å². The predicted molar refractivity (Wildman–Crippen MR) is 177 cm³/mol. The number of rotatable bonds is 7. The molecular formula is C35H39ClN4O2S. The van der Waals surface area contributed by atoms with Crippen LogP contribution in [0.2, 0.25) is 5.02 Å². The number of para-hydroxylation sites is 1. The van der Waals surface area contributed by atoms with E-state index in [4.69, 9.17) is 16.6 Å². The van der Waals surface area contributed by atoms with E-state index in [9.17, 15) is 9.59 Å². The maximum Gasteiger partial charge on any atom is 0.265 e. The molecule has 2 fully saturated rings. The van der Waals surface area contributed by atoms with Crippen molar-refractivity contribution >= 4 is 28.8 Å². The summed E-state index contributed by atoms with van der Waals surface area (Å²) in [7, 11) is 0. The minimum absolute atomic E-state index is 0.0322. The number of carbonyl (C=O) groups is 1. The maximum atomic E-state index is 14.9. The normalized spacial score (nSPS) is 16.0. The summed E-state index contributed by atoms with van der Waals surface area (Å²) in [6, 6.07) is 15.8. The number of aromatic nitrogens is 2. The molecule has 0 aliphatic carbocycles. The van der Waals surface area contributed by atoms with Gasteiger partial charge in [0.05, 0.1) is 22.5 Å². The van der Waals surface area contributed by atoms with E-state index in [-0.39, 0.29) is 17.4 Å². The molecule has 2 aliphatic rings. The molecule has 4 heterocycles. The van der Waals surface area contributed by atoms with Crippen LogP contribution in [0.3, 0.4) is 0 Å². The molecule has 0 bridgehead atoms. The van der Waals surface area contributed by atoms with Gasteiger partial charge in [-0.3, -0.25) is 14.2 Å². The zero-order valence-electron chi connectivity index (χ0n) is 25.0. The van der Waals surface area contributed by atoms with E-state index in [1.807, 2.05) is 45.2 Å². The molecule has 6 nitrogen and oxygen atoms in total. The predicted octanol–water partition coefficient (Wildman–Crippen LogP) is 7.50. The Hall–Kier alpha value is -3.26. The number of aryl methyl sites for hydroxylation is 2. The lowest BCUT2D eigenvalue weighted by atomic mass is 9.88. The highest BCUT2D eigenvalue weighted by atomic mass is 35.5. The van der Waals surface area contributed by atoms with Crippen LogP contribution < -0.4 is 10.9 Å². The number of carbonyl (C=O) groups excluding carboxylic acids is 1. The largest absolute Gasteiger partial charge is 0.339 e. The third kappa shape index (κ3) is 5.95. The van der Waals surface area contributed by atoms with E-state index in [1.54, 1.807) is 0 Å². The minimum atomic E-state index is -0.101. The molecule has 2 aromatic heterocycles. The van der Waals surface area contributed by atoms with Gasteiger partial charge in [0.2, 0.25) is 0 Å². The van der Waals surface area contributed by atoms with Crippen LogP contribution in [0.4, 0.5) is 0 Å². The monoisotopic (exact) mass is 614 g/mol. The van der Waals surface area contributed by atoms with Crippen LogP contribution in [0.25, 0.3) is 27.5 Å². The Morgan fingerprint density at radius 3 is 2.33 bits per heavy atom. The van der Waals surface area contributed by atoms with E-state index in [0.29, 0.717) is 21.2 Å². The summed E-state index contributed by atoms with van der Waals surface area (Å²) in [5.74, 6) is 0.132. The second-order valence-corrected chi connectivity index (χ2v) is 12.8. The number of likely N-dealkylation sites (tertiary alicyclic amines) is 1. The van der Waals surface area contributed by atoms with E-state index in [0.717, 1.165) is 105 Å². The summed E-state index contributed by atoms with van der Waals surface area (Å²) < 4.78 is 1.93. The lowest BCUT2D eigenvalue weighted by Crippen LogP contribution is -2.39. The Bertz CT molecular complexity index is 1640. The Morgan fingerprint density at radius 2 is 1.67 bits per heavy atom. The average molecular weight is 615 g/mol. The van der Waals surface area contributed by atoms with Crippen molar-refractivity contribution < 1.29 is 4.79 Å². The second-order valence-electron chi connectivity index (χ2n) is 11.6. The third-order valence-electron chi connectivity index (χ3n) is 8.90. The van der Waals surface area contributed by atoms with Crippen molar-refractivity contribution in [3.05, 3.63) is 91.7 Å². The van der Waals surface area contributed by atoms with E-state index >= 15 is 0 Å². The summed E-state index contributed by atoms with van der Waals surface area (Å²) in [6.07, 6.45) is 6.51. The van der Waals surface area contributed by atoms with Crippen LogP contribution >= 0.6 is 22.9 Å². The highest BCUT2D eigenvalue weighted by Gasteiger charge is 2.32. The molecule has 2 saturated heterocycles. The van der Waals surface area contributed by atoms with Crippen molar-refractivity contribution in [3.8, 4) is 27.5 Å². The zero-order valence-corrected chi connectivity index (χ0v) is 26.6. The molecule has 0 atom stereocenters. The number of piperidine rings is 2. The molecule has 0 radical (unpaired) electrons. The summed E-state index contributed by atoms with van der Waals surface area (Å²) in [5.41, 5.74) is 6.81. The number of nitrogens with one attached hydrogen (secondary N) is 1. The number of benzene rings is 2. The highest BCUT2D eigenvalue weighted by molar-refractivity contribution is 7.13. The molecular weight excluding hydrogens is 576 g/mol. The average Bonchev–Trinajstić information content (AvgIpc) is 3.55. The minimum Gasteiger partial charge on any atom is -0.339 e. The van der Waals surface area contributed by atoms with Crippen molar-refractivity contribution in [2.75, 3.05) is 26.2 Å². The fraction of sp³-hybridized carbons (Fsp3) is 0.400. The summed E-state index contributed by atoms with van der Waals surface area (Å²) in [6.45, 7) is 7.51. The number of thiazole rings is 1. The number of amides is 1. The Balaban J connectivity index is 1.63. The molecule has 0 saturated carbocycles. The zero-order chi connectivity index (χ0) is 29.9. The third-order valence-corrected chi connectivity index (χ3v) is 10.0. The van der Waals surface area contributed by atoms with Gasteiger partial charge >= 0.3 is 0 Å². The van der Waals surface area contributed by atoms with Crippen LogP contribution in [-0.4, -0.2) is 46.5 Å². The lowest BCUT2D eigenvalue weighted by Gasteiger charge is -2.32. The molecule has 2 aliphatic heterocycles. The van der Waals surface area contributed by atoms with Crippen molar-refractivity contribution in [2.24, 2.45) is 0 Å². The van der Waals surface area contributed by atoms with Gasteiger partial charge in [-0.05, 0) is 87.4 Å². The second kappa shape index (κ2) is 13.2. The summed E-state index contributed by atoms with van der Waals surface area (Å²) in [4.78, 5) is 36.3. The molecule has 6 rings (SSSR count). The fourth-order valence-electron chi connectivity index (χ4n) is 6.60. The van der Waals surface area contributed by atoms with Gasteiger partial charge < -0.3 is 10.2 Å². The van der Waals surface area contributed by atoms with Gasteiger partial charge in [0.25, 0.3) is 11.5 Å². The first-order valence-corrected chi connectivity index (χ1v) is 16.9. The molecule has 0 unspecified atom stereocenters.